The number of aromatic nitrogens is 2. The Morgan fingerprint density at radius 2 is 1.40 bits per heavy atom. The lowest BCUT2D eigenvalue weighted by Gasteiger charge is -2.17. The van der Waals surface area contributed by atoms with Gasteiger partial charge in [-0.3, -0.25) is 4.98 Å². The molecular formula is C32H24F6N2OS2. The molecule has 43 heavy (non-hydrogen) atoms. The summed E-state index contributed by atoms with van der Waals surface area (Å²) >= 11 is 2.98. The molecule has 2 aromatic heterocycles. The van der Waals surface area contributed by atoms with Crippen LogP contribution in [0.2, 0.25) is 0 Å². The Balaban J connectivity index is 1.43. The standard InChI is InChI=1S/C32H24F6N2OS2/c1-18-15-25(12-14-27(18)41)42-28(29-19(2)40-30(43-29)22-6-10-24(11-7-22)32(36,37)38)16-20-3-13-26(39-17-20)21-4-8-23(9-5-21)31(33,34)35/h3-15,17,28,41H,16H2,1-2H3. The third-order valence-corrected chi connectivity index (χ3v) is 9.47. The number of rotatable bonds is 7. The van der Waals surface area contributed by atoms with Gasteiger partial charge in [0.1, 0.15) is 10.8 Å². The van der Waals surface area contributed by atoms with Crippen molar-refractivity contribution < 1.29 is 31.4 Å². The fourth-order valence-electron chi connectivity index (χ4n) is 4.45. The zero-order chi connectivity index (χ0) is 30.9. The van der Waals surface area contributed by atoms with Crippen LogP contribution in [0.15, 0.2) is 90.0 Å². The topological polar surface area (TPSA) is 46.0 Å². The highest BCUT2D eigenvalue weighted by molar-refractivity contribution is 7.99. The zero-order valence-corrected chi connectivity index (χ0v) is 24.4. The Morgan fingerprint density at radius 3 is 1.93 bits per heavy atom. The molecule has 222 valence electrons. The van der Waals surface area contributed by atoms with Gasteiger partial charge in [-0.15, -0.1) is 23.1 Å². The first-order valence-electron chi connectivity index (χ1n) is 13.0. The van der Waals surface area contributed by atoms with Crippen LogP contribution < -0.4 is 0 Å². The second-order valence-corrected chi connectivity index (χ2v) is 12.2. The quantitative estimate of drug-likeness (QED) is 0.144. The van der Waals surface area contributed by atoms with E-state index in [2.05, 4.69) is 9.97 Å². The highest BCUT2D eigenvalue weighted by Crippen LogP contribution is 2.44. The first kappa shape index (κ1) is 30.6. The van der Waals surface area contributed by atoms with Crippen molar-refractivity contribution in [1.29, 1.82) is 0 Å². The number of aromatic hydroxyl groups is 1. The van der Waals surface area contributed by atoms with Gasteiger partial charge < -0.3 is 5.11 Å². The normalized spacial score (nSPS) is 12.8. The molecule has 0 radical (unpaired) electrons. The van der Waals surface area contributed by atoms with Crippen molar-refractivity contribution in [2.45, 2.75) is 42.8 Å². The van der Waals surface area contributed by atoms with Crippen LogP contribution in [-0.2, 0) is 18.8 Å². The van der Waals surface area contributed by atoms with E-state index in [4.69, 9.17) is 0 Å². The van der Waals surface area contributed by atoms with Gasteiger partial charge in [0.15, 0.2) is 0 Å². The van der Waals surface area contributed by atoms with Crippen LogP contribution in [0.3, 0.4) is 0 Å². The highest BCUT2D eigenvalue weighted by atomic mass is 32.2. The second-order valence-electron chi connectivity index (χ2n) is 9.93. The molecule has 5 rings (SSSR count). The predicted octanol–water partition coefficient (Wildman–Crippen LogP) is 10.3. The Hall–Kier alpha value is -3.83. The summed E-state index contributed by atoms with van der Waals surface area (Å²) in [5.74, 6) is 0.183. The first-order chi connectivity index (χ1) is 20.3. The summed E-state index contributed by atoms with van der Waals surface area (Å²) in [6.45, 7) is 3.67. The lowest BCUT2D eigenvalue weighted by molar-refractivity contribution is -0.138. The molecule has 1 unspecified atom stereocenters. The van der Waals surface area contributed by atoms with E-state index >= 15 is 0 Å². The van der Waals surface area contributed by atoms with Crippen molar-refractivity contribution in [2.24, 2.45) is 0 Å². The monoisotopic (exact) mass is 630 g/mol. The van der Waals surface area contributed by atoms with Crippen molar-refractivity contribution in [2.75, 3.05) is 0 Å². The molecule has 0 bridgehead atoms. The number of hydrogen-bond acceptors (Lipinski definition) is 5. The van der Waals surface area contributed by atoms with Crippen LogP contribution in [0.4, 0.5) is 26.3 Å². The van der Waals surface area contributed by atoms with E-state index in [9.17, 15) is 31.4 Å². The third-order valence-electron chi connectivity index (χ3n) is 6.78. The molecule has 0 aliphatic heterocycles. The molecule has 3 nitrogen and oxygen atoms in total. The molecule has 0 saturated heterocycles. The van der Waals surface area contributed by atoms with Crippen LogP contribution in [-0.4, -0.2) is 15.1 Å². The minimum absolute atomic E-state index is 0.150. The Bertz CT molecular complexity index is 1710. The van der Waals surface area contributed by atoms with Crippen LogP contribution >= 0.6 is 23.1 Å². The van der Waals surface area contributed by atoms with Gasteiger partial charge in [0.05, 0.1) is 22.5 Å². The smallest absolute Gasteiger partial charge is 0.416 e. The maximum Gasteiger partial charge on any atom is 0.416 e. The molecule has 0 aliphatic rings. The number of phenols is 1. The van der Waals surface area contributed by atoms with Crippen LogP contribution in [0.1, 0.15) is 38.1 Å². The number of alkyl halides is 6. The van der Waals surface area contributed by atoms with Crippen molar-refractivity contribution in [3.8, 4) is 27.6 Å². The molecule has 5 aromatic rings. The first-order valence-corrected chi connectivity index (χ1v) is 14.7. The second kappa shape index (κ2) is 12.0. The van der Waals surface area contributed by atoms with Gasteiger partial charge >= 0.3 is 12.4 Å². The van der Waals surface area contributed by atoms with E-state index in [0.29, 0.717) is 28.2 Å². The average Bonchev–Trinajstić information content (AvgIpc) is 3.35. The average molecular weight is 631 g/mol. The van der Waals surface area contributed by atoms with Crippen LogP contribution in [0.25, 0.3) is 21.8 Å². The summed E-state index contributed by atoms with van der Waals surface area (Å²) in [6, 6.07) is 18.7. The molecule has 0 aliphatic carbocycles. The van der Waals surface area contributed by atoms with Gasteiger partial charge in [-0.2, -0.15) is 26.3 Å². The molecule has 2 heterocycles. The maximum absolute atomic E-state index is 13.1. The Morgan fingerprint density at radius 1 is 0.791 bits per heavy atom. The third kappa shape index (κ3) is 7.22. The molecule has 0 fully saturated rings. The van der Waals surface area contributed by atoms with Crippen LogP contribution in [0.5, 0.6) is 5.75 Å². The number of thiazole rings is 1. The van der Waals surface area contributed by atoms with Crippen molar-refractivity contribution in [1.82, 2.24) is 9.97 Å². The van der Waals surface area contributed by atoms with E-state index in [1.165, 1.54) is 35.6 Å². The maximum atomic E-state index is 13.1. The summed E-state index contributed by atoms with van der Waals surface area (Å²) in [6.07, 6.45) is -6.63. The largest absolute Gasteiger partial charge is 0.508 e. The molecule has 1 N–H and O–H groups in total. The predicted molar refractivity (Wildman–Crippen MR) is 157 cm³/mol. The van der Waals surface area contributed by atoms with E-state index in [0.717, 1.165) is 50.9 Å². The number of nitrogens with zero attached hydrogens (tertiary/aromatic N) is 2. The van der Waals surface area contributed by atoms with E-state index < -0.39 is 23.5 Å². The minimum Gasteiger partial charge on any atom is -0.508 e. The number of phenolic OH excluding ortho intramolecular Hbond substituents is 1. The lowest BCUT2D eigenvalue weighted by atomic mass is 10.1. The molecule has 0 saturated carbocycles. The Kier molecular flexibility index (Phi) is 8.58. The zero-order valence-electron chi connectivity index (χ0n) is 22.8. The van der Waals surface area contributed by atoms with Crippen LogP contribution in [0, 0.1) is 13.8 Å². The van der Waals surface area contributed by atoms with Gasteiger partial charge in [0.25, 0.3) is 0 Å². The molecule has 11 heteroatoms. The summed E-state index contributed by atoms with van der Waals surface area (Å²) in [5.41, 5.74) is 2.58. The van der Waals surface area contributed by atoms with Crippen molar-refractivity contribution >= 4 is 23.1 Å². The van der Waals surface area contributed by atoms with Gasteiger partial charge in [-0.05, 0) is 79.9 Å². The van der Waals surface area contributed by atoms with E-state index in [-0.39, 0.29) is 11.0 Å². The molecular weight excluding hydrogens is 606 g/mol. The fourth-order valence-corrected chi connectivity index (χ4v) is 7.06. The summed E-state index contributed by atoms with van der Waals surface area (Å²) in [4.78, 5) is 11.0. The van der Waals surface area contributed by atoms with Crippen molar-refractivity contribution in [3.63, 3.8) is 0 Å². The summed E-state index contributed by atoms with van der Waals surface area (Å²) in [7, 11) is 0. The summed E-state index contributed by atoms with van der Waals surface area (Å²) < 4.78 is 78.0. The fraction of sp³-hybridized carbons (Fsp3) is 0.188. The number of aryl methyl sites for hydroxylation is 2. The number of pyridine rings is 1. The summed E-state index contributed by atoms with van der Waals surface area (Å²) in [5, 5.41) is 10.4. The molecule has 3 aromatic carbocycles. The number of hydrogen-bond donors (Lipinski definition) is 1. The Labute approximate surface area is 252 Å². The van der Waals surface area contributed by atoms with Gasteiger partial charge in [0, 0.05) is 32.3 Å². The number of thioether (sulfide) groups is 1. The molecule has 0 amide bonds. The minimum atomic E-state index is -4.43. The van der Waals surface area contributed by atoms with Crippen molar-refractivity contribution in [3.05, 3.63) is 118 Å². The lowest BCUT2D eigenvalue weighted by Crippen LogP contribution is -2.04. The van der Waals surface area contributed by atoms with Gasteiger partial charge in [-0.1, -0.05) is 30.3 Å². The number of halogens is 6. The van der Waals surface area contributed by atoms with Gasteiger partial charge in [0.2, 0.25) is 0 Å². The van der Waals surface area contributed by atoms with Gasteiger partial charge in [-0.25, -0.2) is 4.98 Å². The molecule has 1 atom stereocenters. The SMILES string of the molecule is Cc1cc(SC(Cc2ccc(-c3ccc(C(F)(F)F)cc3)nc2)c2sc(-c3ccc(C(F)(F)F)cc3)nc2C)ccc1O. The number of benzene rings is 3. The van der Waals surface area contributed by atoms with E-state index in [1.807, 2.05) is 25.1 Å². The highest BCUT2D eigenvalue weighted by Gasteiger charge is 2.31. The molecule has 0 spiro atoms. The van der Waals surface area contributed by atoms with E-state index in [1.54, 1.807) is 37.0 Å².